The lowest BCUT2D eigenvalue weighted by molar-refractivity contribution is -0.126. The molecule has 3 amide bonds. The lowest BCUT2D eigenvalue weighted by Gasteiger charge is -2.38. The monoisotopic (exact) mass is 385 g/mol. The van der Waals surface area contributed by atoms with Gasteiger partial charge in [0.15, 0.2) is 0 Å². The van der Waals surface area contributed by atoms with Gasteiger partial charge in [-0.3, -0.25) is 15.0 Å². The van der Waals surface area contributed by atoms with Gasteiger partial charge in [-0.15, -0.1) is 0 Å². The van der Waals surface area contributed by atoms with Crippen LogP contribution in [0.3, 0.4) is 0 Å². The number of carbonyl (C=O) groups excluding carboxylic acids is 2. The third-order valence-electron chi connectivity index (χ3n) is 4.35. The topological polar surface area (TPSA) is 81.7 Å². The number of imide groups is 1. The van der Waals surface area contributed by atoms with Gasteiger partial charge in [-0.05, 0) is 53.0 Å². The predicted octanol–water partition coefficient (Wildman–Crippen LogP) is 1.30. The van der Waals surface area contributed by atoms with Crippen molar-refractivity contribution in [3.8, 4) is 0 Å². The minimum Gasteiger partial charge on any atom is -0.387 e. The lowest BCUT2D eigenvalue weighted by atomic mass is 9.89. The molecule has 2 aliphatic heterocycles. The normalized spacial score (nSPS) is 26.2. The Morgan fingerprint density at radius 1 is 1.43 bits per heavy atom. The van der Waals surface area contributed by atoms with E-state index in [4.69, 9.17) is 0 Å². The number of piperidine rings is 1. The maximum Gasteiger partial charge on any atom is 0.322 e. The zero-order valence-electron chi connectivity index (χ0n) is 12.3. The van der Waals surface area contributed by atoms with Gasteiger partial charge in [0.05, 0.1) is 10.6 Å². The van der Waals surface area contributed by atoms with Gasteiger partial charge in [-0.1, -0.05) is 6.07 Å². The number of β-amino-alcohol motifs (C(OH)–C–C–N with tert-alkyl or cyclic N) is 1. The molecule has 6 nitrogen and oxygen atoms in total. The second-order valence-corrected chi connectivity index (χ2v) is 6.87. The first kappa shape index (κ1) is 16.4. The Morgan fingerprint density at radius 3 is 2.87 bits per heavy atom. The van der Waals surface area contributed by atoms with Crippen molar-refractivity contribution in [2.24, 2.45) is 0 Å². The van der Waals surface area contributed by atoms with Crippen molar-refractivity contribution >= 4 is 27.9 Å². The van der Waals surface area contributed by atoms with Gasteiger partial charge in [-0.2, -0.15) is 0 Å². The van der Waals surface area contributed by atoms with Crippen LogP contribution in [0, 0.1) is 5.82 Å². The number of aliphatic hydroxyl groups excluding tert-OH is 1. The van der Waals surface area contributed by atoms with E-state index in [9.17, 15) is 19.1 Å². The maximum absolute atomic E-state index is 13.3. The van der Waals surface area contributed by atoms with E-state index < -0.39 is 17.7 Å². The summed E-state index contributed by atoms with van der Waals surface area (Å²) in [5.74, 6) is -0.700. The quantitative estimate of drug-likeness (QED) is 0.684. The van der Waals surface area contributed by atoms with Crippen molar-refractivity contribution in [3.05, 3.63) is 34.1 Å². The summed E-state index contributed by atoms with van der Waals surface area (Å²) in [6.07, 6.45) is 0.523. The molecule has 2 atom stereocenters. The Labute approximate surface area is 141 Å². The summed E-state index contributed by atoms with van der Waals surface area (Å²) in [6, 6.07) is 3.91. The molecule has 0 aromatic heterocycles. The largest absolute Gasteiger partial charge is 0.387 e. The Bertz CT molecular complexity index is 657. The zero-order chi connectivity index (χ0) is 16.6. The summed E-state index contributed by atoms with van der Waals surface area (Å²) >= 11 is 3.10. The fraction of sp³-hybridized carbons (Fsp3) is 0.467. The van der Waals surface area contributed by atoms with E-state index in [2.05, 4.69) is 26.6 Å². The van der Waals surface area contributed by atoms with Crippen molar-refractivity contribution in [1.82, 2.24) is 15.5 Å². The molecule has 23 heavy (non-hydrogen) atoms. The van der Waals surface area contributed by atoms with Gasteiger partial charge in [0, 0.05) is 13.1 Å². The Balaban J connectivity index is 1.69. The van der Waals surface area contributed by atoms with E-state index in [1.165, 1.54) is 12.1 Å². The SMILES string of the molecule is O=C1NC(=O)C2(CCCN(CC(O)c3ccc(F)c(Br)c3)C2)N1. The van der Waals surface area contributed by atoms with Crippen LogP contribution in [0.25, 0.3) is 0 Å². The van der Waals surface area contributed by atoms with E-state index in [0.29, 0.717) is 29.5 Å². The number of aliphatic hydroxyl groups is 1. The predicted molar refractivity (Wildman–Crippen MR) is 84.1 cm³/mol. The molecule has 0 aliphatic carbocycles. The summed E-state index contributed by atoms with van der Waals surface area (Å²) in [7, 11) is 0. The molecule has 3 N–H and O–H groups in total. The van der Waals surface area contributed by atoms with Gasteiger partial charge in [-0.25, -0.2) is 9.18 Å². The molecule has 1 spiro atoms. The molecule has 2 unspecified atom stereocenters. The first-order chi connectivity index (χ1) is 10.9. The average molecular weight is 386 g/mol. The standard InChI is InChI=1S/C15H17BrFN3O3/c16-10-6-9(2-3-11(10)17)12(21)7-20-5-1-4-15(8-20)13(22)18-14(23)19-15/h2-3,6,12,21H,1,4-5,7-8H2,(H2,18,19,22,23). The number of benzene rings is 1. The maximum atomic E-state index is 13.3. The Hall–Kier alpha value is -1.51. The van der Waals surface area contributed by atoms with Crippen molar-refractivity contribution in [3.63, 3.8) is 0 Å². The molecule has 1 aromatic rings. The van der Waals surface area contributed by atoms with Crippen LogP contribution >= 0.6 is 15.9 Å². The second-order valence-electron chi connectivity index (χ2n) is 6.02. The molecule has 8 heteroatoms. The fourth-order valence-corrected chi connectivity index (χ4v) is 3.58. The lowest BCUT2D eigenvalue weighted by Crippen LogP contribution is -2.58. The number of halogens is 2. The third-order valence-corrected chi connectivity index (χ3v) is 4.95. The minimum absolute atomic E-state index is 0.298. The van der Waals surface area contributed by atoms with Crippen LogP contribution < -0.4 is 10.6 Å². The van der Waals surface area contributed by atoms with E-state index in [1.807, 2.05) is 4.90 Å². The number of amides is 3. The second kappa shape index (κ2) is 6.18. The van der Waals surface area contributed by atoms with Crippen LogP contribution in [0.5, 0.6) is 0 Å². The van der Waals surface area contributed by atoms with Gasteiger partial charge >= 0.3 is 6.03 Å². The number of nitrogens with one attached hydrogen (secondary N) is 2. The molecule has 1 aromatic carbocycles. The highest BCUT2D eigenvalue weighted by molar-refractivity contribution is 9.10. The van der Waals surface area contributed by atoms with E-state index in [1.54, 1.807) is 6.07 Å². The van der Waals surface area contributed by atoms with Gasteiger partial charge in [0.25, 0.3) is 5.91 Å². The molecule has 2 heterocycles. The zero-order valence-corrected chi connectivity index (χ0v) is 13.9. The molecular formula is C15H17BrFN3O3. The van der Waals surface area contributed by atoms with Crippen molar-refractivity contribution in [2.45, 2.75) is 24.5 Å². The van der Waals surface area contributed by atoms with Crippen LogP contribution in [0.4, 0.5) is 9.18 Å². The molecule has 2 aliphatic rings. The van der Waals surface area contributed by atoms with Crippen LogP contribution in [0.1, 0.15) is 24.5 Å². The Morgan fingerprint density at radius 2 is 2.22 bits per heavy atom. The number of carbonyl (C=O) groups is 2. The number of likely N-dealkylation sites (tertiary alicyclic amines) is 1. The van der Waals surface area contributed by atoms with Crippen LogP contribution in [-0.2, 0) is 4.79 Å². The first-order valence-corrected chi connectivity index (χ1v) is 8.18. The van der Waals surface area contributed by atoms with Gasteiger partial charge < -0.3 is 10.4 Å². The molecule has 0 saturated carbocycles. The van der Waals surface area contributed by atoms with Crippen molar-refractivity contribution in [1.29, 1.82) is 0 Å². The highest BCUT2D eigenvalue weighted by Crippen LogP contribution is 2.27. The summed E-state index contributed by atoms with van der Waals surface area (Å²) < 4.78 is 13.6. The minimum atomic E-state index is -0.904. The Kier molecular flexibility index (Phi) is 4.39. The van der Waals surface area contributed by atoms with Crippen LogP contribution in [0.2, 0.25) is 0 Å². The number of hydrogen-bond acceptors (Lipinski definition) is 4. The first-order valence-electron chi connectivity index (χ1n) is 7.39. The average Bonchev–Trinajstić information content (AvgIpc) is 2.75. The molecule has 3 rings (SSSR count). The van der Waals surface area contributed by atoms with Crippen LogP contribution in [0.15, 0.2) is 22.7 Å². The fourth-order valence-electron chi connectivity index (χ4n) is 3.19. The molecule has 0 radical (unpaired) electrons. The van der Waals surface area contributed by atoms with Gasteiger partial charge in [0.2, 0.25) is 0 Å². The summed E-state index contributed by atoms with van der Waals surface area (Å²) in [6.45, 7) is 1.39. The summed E-state index contributed by atoms with van der Waals surface area (Å²) in [5.41, 5.74) is -0.309. The third kappa shape index (κ3) is 3.24. The van der Waals surface area contributed by atoms with E-state index >= 15 is 0 Å². The molecular weight excluding hydrogens is 369 g/mol. The number of rotatable bonds is 3. The van der Waals surface area contributed by atoms with Crippen LogP contribution in [-0.4, -0.2) is 47.1 Å². The number of urea groups is 1. The molecule has 0 bridgehead atoms. The van der Waals surface area contributed by atoms with Crippen molar-refractivity contribution in [2.75, 3.05) is 19.6 Å². The summed E-state index contributed by atoms with van der Waals surface area (Å²) in [5, 5.41) is 15.3. The molecule has 2 fully saturated rings. The number of hydrogen-bond donors (Lipinski definition) is 3. The van der Waals surface area contributed by atoms with E-state index in [0.717, 1.165) is 13.0 Å². The summed E-state index contributed by atoms with van der Waals surface area (Å²) in [4.78, 5) is 25.3. The van der Waals surface area contributed by atoms with E-state index in [-0.39, 0.29) is 11.7 Å². The smallest absolute Gasteiger partial charge is 0.322 e. The molecule has 2 saturated heterocycles. The highest BCUT2D eigenvalue weighted by Gasteiger charge is 2.48. The van der Waals surface area contributed by atoms with Crippen molar-refractivity contribution < 1.29 is 19.1 Å². The highest BCUT2D eigenvalue weighted by atomic mass is 79.9. The number of nitrogens with zero attached hydrogens (tertiary/aromatic N) is 1. The molecule has 124 valence electrons. The van der Waals surface area contributed by atoms with Gasteiger partial charge in [0.1, 0.15) is 11.4 Å².